The number of nitrogens with one attached hydrogen (secondary N) is 2. The second kappa shape index (κ2) is 9.85. The van der Waals surface area contributed by atoms with E-state index in [1.165, 1.54) is 36.2 Å². The van der Waals surface area contributed by atoms with Gasteiger partial charge in [0.15, 0.2) is 5.96 Å². The molecule has 2 N–H and O–H groups in total. The number of hydrogen-bond acceptors (Lipinski definition) is 4. The number of likely N-dealkylation sites (tertiary alicyclic amines) is 1. The van der Waals surface area contributed by atoms with Gasteiger partial charge in [0, 0.05) is 31.1 Å². The van der Waals surface area contributed by atoms with Crippen LogP contribution in [-0.2, 0) is 13.1 Å². The summed E-state index contributed by atoms with van der Waals surface area (Å²) in [4.78, 5) is 12.9. The molecule has 0 saturated carbocycles. The minimum Gasteiger partial charge on any atom is -0.355 e. The number of thiazole rings is 1. The third-order valence-electron chi connectivity index (χ3n) is 5.19. The van der Waals surface area contributed by atoms with Gasteiger partial charge in [-0.25, -0.2) is 4.98 Å². The zero-order valence-corrected chi connectivity index (χ0v) is 17.5. The van der Waals surface area contributed by atoms with E-state index in [1.54, 1.807) is 11.3 Å². The Morgan fingerprint density at radius 2 is 2.04 bits per heavy atom. The van der Waals surface area contributed by atoms with E-state index >= 15 is 0 Å². The van der Waals surface area contributed by atoms with Gasteiger partial charge in [0.05, 0.1) is 12.2 Å². The van der Waals surface area contributed by atoms with Crippen molar-refractivity contribution >= 4 is 17.3 Å². The lowest BCUT2D eigenvalue weighted by Gasteiger charge is -2.36. The van der Waals surface area contributed by atoms with Crippen LogP contribution in [0.5, 0.6) is 0 Å². The number of hydrogen-bond donors (Lipinski definition) is 2. The zero-order valence-electron chi connectivity index (χ0n) is 16.7. The Hall–Kier alpha value is -1.92. The minimum atomic E-state index is 0.543. The standard InChI is InChI=1S/C21H31N5S/c1-16-17(2)27-20(25-16)14-24-21(22-3)23-13-19-11-7-8-12-26(19)15-18-9-5-4-6-10-18/h4-6,9-10,19H,7-8,11-15H2,1-3H3,(H2,22,23,24). The van der Waals surface area contributed by atoms with E-state index in [4.69, 9.17) is 0 Å². The molecule has 0 aliphatic carbocycles. The number of aryl methyl sites for hydroxylation is 2. The Morgan fingerprint density at radius 3 is 2.74 bits per heavy atom. The van der Waals surface area contributed by atoms with Crippen LogP contribution in [0.4, 0.5) is 0 Å². The van der Waals surface area contributed by atoms with Crippen LogP contribution in [0, 0.1) is 13.8 Å². The van der Waals surface area contributed by atoms with Crippen LogP contribution in [0.3, 0.4) is 0 Å². The first kappa shape index (κ1) is 19.8. The normalized spacial score (nSPS) is 18.5. The van der Waals surface area contributed by atoms with Gasteiger partial charge in [-0.05, 0) is 38.8 Å². The van der Waals surface area contributed by atoms with Crippen molar-refractivity contribution in [2.24, 2.45) is 4.99 Å². The Labute approximate surface area is 166 Å². The molecule has 5 nitrogen and oxygen atoms in total. The van der Waals surface area contributed by atoms with Gasteiger partial charge in [0.2, 0.25) is 0 Å². The van der Waals surface area contributed by atoms with Crippen molar-refractivity contribution < 1.29 is 0 Å². The summed E-state index contributed by atoms with van der Waals surface area (Å²) in [5.41, 5.74) is 2.51. The van der Waals surface area contributed by atoms with E-state index in [9.17, 15) is 0 Å². The summed E-state index contributed by atoms with van der Waals surface area (Å²) in [6.45, 7) is 8.02. The quantitative estimate of drug-likeness (QED) is 0.590. The topological polar surface area (TPSA) is 52.6 Å². The second-order valence-electron chi connectivity index (χ2n) is 7.16. The SMILES string of the molecule is CN=C(NCc1nc(C)c(C)s1)NCC1CCCCN1Cc1ccccc1. The fourth-order valence-corrected chi connectivity index (χ4v) is 4.40. The predicted octanol–water partition coefficient (Wildman–Crippen LogP) is 3.48. The van der Waals surface area contributed by atoms with E-state index in [0.29, 0.717) is 6.04 Å². The van der Waals surface area contributed by atoms with E-state index in [0.717, 1.165) is 36.3 Å². The molecule has 1 aliphatic rings. The largest absolute Gasteiger partial charge is 0.355 e. The highest BCUT2D eigenvalue weighted by molar-refractivity contribution is 7.11. The molecule has 1 fully saturated rings. The number of guanidine groups is 1. The average molecular weight is 386 g/mol. The maximum Gasteiger partial charge on any atom is 0.191 e. The first-order valence-corrected chi connectivity index (χ1v) is 10.6. The van der Waals surface area contributed by atoms with Crippen molar-refractivity contribution in [2.45, 2.75) is 52.2 Å². The number of rotatable bonds is 6. The van der Waals surface area contributed by atoms with Crippen molar-refractivity contribution in [1.82, 2.24) is 20.5 Å². The van der Waals surface area contributed by atoms with Gasteiger partial charge < -0.3 is 10.6 Å². The molecule has 1 unspecified atom stereocenters. The van der Waals surface area contributed by atoms with E-state index in [2.05, 4.69) is 69.7 Å². The number of nitrogens with zero attached hydrogens (tertiary/aromatic N) is 3. The maximum atomic E-state index is 4.59. The summed E-state index contributed by atoms with van der Waals surface area (Å²) >= 11 is 1.75. The molecule has 6 heteroatoms. The summed E-state index contributed by atoms with van der Waals surface area (Å²) in [5.74, 6) is 0.853. The fourth-order valence-electron chi connectivity index (χ4n) is 3.53. The van der Waals surface area contributed by atoms with E-state index in [-0.39, 0.29) is 0 Å². The van der Waals surface area contributed by atoms with Crippen molar-refractivity contribution in [1.29, 1.82) is 0 Å². The van der Waals surface area contributed by atoms with Crippen LogP contribution in [-0.4, -0.2) is 42.0 Å². The third-order valence-corrected chi connectivity index (χ3v) is 6.26. The lowest BCUT2D eigenvalue weighted by Crippen LogP contribution is -2.48. The van der Waals surface area contributed by atoms with Gasteiger partial charge >= 0.3 is 0 Å². The Balaban J connectivity index is 1.51. The number of benzene rings is 1. The molecule has 2 heterocycles. The molecule has 1 aromatic carbocycles. The van der Waals surface area contributed by atoms with Crippen molar-refractivity contribution in [2.75, 3.05) is 20.1 Å². The van der Waals surface area contributed by atoms with Crippen molar-refractivity contribution in [3.63, 3.8) is 0 Å². The molecule has 146 valence electrons. The van der Waals surface area contributed by atoms with Crippen LogP contribution in [0.2, 0.25) is 0 Å². The smallest absolute Gasteiger partial charge is 0.191 e. The van der Waals surface area contributed by atoms with Crippen molar-refractivity contribution in [3.05, 3.63) is 51.5 Å². The van der Waals surface area contributed by atoms with Crippen LogP contribution in [0.25, 0.3) is 0 Å². The first-order chi connectivity index (χ1) is 13.2. The molecular weight excluding hydrogens is 354 g/mol. The second-order valence-corrected chi connectivity index (χ2v) is 8.45. The summed E-state index contributed by atoms with van der Waals surface area (Å²) in [6, 6.07) is 11.3. The molecule has 0 radical (unpaired) electrons. The minimum absolute atomic E-state index is 0.543. The number of aliphatic imine (C=N–C) groups is 1. The summed E-state index contributed by atoms with van der Waals surface area (Å²) in [7, 11) is 1.83. The Kier molecular flexibility index (Phi) is 7.24. The van der Waals surface area contributed by atoms with Gasteiger partial charge in [-0.2, -0.15) is 0 Å². The molecule has 2 aromatic rings. The molecule has 1 saturated heterocycles. The van der Waals surface area contributed by atoms with Gasteiger partial charge in [-0.1, -0.05) is 36.8 Å². The van der Waals surface area contributed by atoms with Crippen LogP contribution in [0.1, 0.15) is 40.4 Å². The monoisotopic (exact) mass is 385 g/mol. The Bertz CT molecular complexity index is 721. The molecule has 3 rings (SSSR count). The number of piperidine rings is 1. The lowest BCUT2D eigenvalue weighted by atomic mass is 10.0. The number of aromatic nitrogens is 1. The van der Waals surface area contributed by atoms with Gasteiger partial charge in [0.25, 0.3) is 0 Å². The lowest BCUT2D eigenvalue weighted by molar-refractivity contribution is 0.141. The van der Waals surface area contributed by atoms with Gasteiger partial charge in [-0.15, -0.1) is 11.3 Å². The molecule has 27 heavy (non-hydrogen) atoms. The van der Waals surface area contributed by atoms with Crippen LogP contribution >= 0.6 is 11.3 Å². The van der Waals surface area contributed by atoms with Crippen molar-refractivity contribution in [3.8, 4) is 0 Å². The molecular formula is C21H31N5S. The maximum absolute atomic E-state index is 4.59. The van der Waals surface area contributed by atoms with Crippen LogP contribution in [0.15, 0.2) is 35.3 Å². The first-order valence-electron chi connectivity index (χ1n) is 9.81. The fraction of sp³-hybridized carbons (Fsp3) is 0.524. The highest BCUT2D eigenvalue weighted by Crippen LogP contribution is 2.19. The highest BCUT2D eigenvalue weighted by Gasteiger charge is 2.22. The molecule has 1 aliphatic heterocycles. The molecule has 0 bridgehead atoms. The van der Waals surface area contributed by atoms with Gasteiger partial charge in [0.1, 0.15) is 5.01 Å². The summed E-state index contributed by atoms with van der Waals surface area (Å²) in [6.07, 6.45) is 3.84. The third kappa shape index (κ3) is 5.78. The summed E-state index contributed by atoms with van der Waals surface area (Å²) in [5, 5.41) is 8.03. The van der Waals surface area contributed by atoms with Gasteiger partial charge in [-0.3, -0.25) is 9.89 Å². The molecule has 1 atom stereocenters. The van der Waals surface area contributed by atoms with Crippen LogP contribution < -0.4 is 10.6 Å². The molecule has 0 amide bonds. The average Bonchev–Trinajstić information content (AvgIpc) is 3.01. The Morgan fingerprint density at radius 1 is 1.22 bits per heavy atom. The molecule has 1 aromatic heterocycles. The molecule has 0 spiro atoms. The predicted molar refractivity (Wildman–Crippen MR) is 114 cm³/mol. The summed E-state index contributed by atoms with van der Waals surface area (Å²) < 4.78 is 0. The highest BCUT2D eigenvalue weighted by atomic mass is 32.1. The van der Waals surface area contributed by atoms with E-state index < -0.39 is 0 Å². The van der Waals surface area contributed by atoms with E-state index in [1.807, 2.05) is 7.05 Å². The zero-order chi connectivity index (χ0) is 19.1.